The molecular formula is C22H27N5S. The summed E-state index contributed by atoms with van der Waals surface area (Å²) in [7, 11) is 1.79. The fourth-order valence-electron chi connectivity index (χ4n) is 2.94. The Labute approximate surface area is 171 Å². The maximum Gasteiger partial charge on any atom is 0.191 e. The minimum absolute atomic E-state index is 0.678. The van der Waals surface area contributed by atoms with Crippen LogP contribution in [0.3, 0.4) is 0 Å². The third-order valence-corrected chi connectivity index (χ3v) is 5.27. The van der Waals surface area contributed by atoms with Crippen molar-refractivity contribution in [1.82, 2.24) is 20.4 Å². The van der Waals surface area contributed by atoms with E-state index in [1.165, 1.54) is 21.6 Å². The normalized spacial score (nSPS) is 11.5. The number of aromatic nitrogens is 2. The molecule has 3 rings (SSSR count). The summed E-state index contributed by atoms with van der Waals surface area (Å²) in [4.78, 5) is 5.62. The Kier molecular flexibility index (Phi) is 7.14. The molecule has 0 bridgehead atoms. The first-order chi connectivity index (χ1) is 13.7. The molecule has 6 heteroatoms. The third kappa shape index (κ3) is 5.63. The number of benzene rings is 2. The Morgan fingerprint density at radius 1 is 1.07 bits per heavy atom. The second-order valence-corrected chi connectivity index (χ2v) is 7.47. The molecule has 2 N–H and O–H groups in total. The first kappa shape index (κ1) is 20.0. The van der Waals surface area contributed by atoms with Crippen molar-refractivity contribution in [2.24, 2.45) is 4.99 Å². The molecular weight excluding hydrogens is 366 g/mol. The van der Waals surface area contributed by atoms with Gasteiger partial charge in [-0.15, -0.1) is 11.8 Å². The van der Waals surface area contributed by atoms with Gasteiger partial charge in [0.05, 0.1) is 12.7 Å². The molecule has 0 unspecified atom stereocenters. The van der Waals surface area contributed by atoms with Crippen molar-refractivity contribution in [3.8, 4) is 0 Å². The van der Waals surface area contributed by atoms with Gasteiger partial charge in [0.25, 0.3) is 0 Å². The average molecular weight is 394 g/mol. The highest BCUT2D eigenvalue weighted by Crippen LogP contribution is 2.21. The van der Waals surface area contributed by atoms with E-state index in [1.54, 1.807) is 18.8 Å². The molecule has 2 aromatic carbocycles. The molecule has 0 aliphatic rings. The van der Waals surface area contributed by atoms with E-state index < -0.39 is 0 Å². The van der Waals surface area contributed by atoms with Crippen LogP contribution >= 0.6 is 11.8 Å². The predicted octanol–water partition coefficient (Wildman–Crippen LogP) is 3.83. The standard InChI is InChI=1S/C22H27N5S/c1-17-9-10-20(21(11-17)28-3)14-25-22(23-2)24-12-19-13-26-27(16-19)15-18-7-5-4-6-8-18/h4-11,13,16H,12,14-15H2,1-3H3,(H2,23,24,25). The zero-order valence-corrected chi connectivity index (χ0v) is 17.5. The van der Waals surface area contributed by atoms with Crippen molar-refractivity contribution in [1.29, 1.82) is 0 Å². The molecule has 1 aromatic heterocycles. The molecule has 0 amide bonds. The maximum atomic E-state index is 4.45. The van der Waals surface area contributed by atoms with E-state index in [0.29, 0.717) is 6.54 Å². The summed E-state index contributed by atoms with van der Waals surface area (Å²) < 4.78 is 1.96. The van der Waals surface area contributed by atoms with Crippen LogP contribution in [0.1, 0.15) is 22.3 Å². The Hall–Kier alpha value is -2.73. The number of guanidine groups is 1. The van der Waals surface area contributed by atoms with Crippen LogP contribution in [0.4, 0.5) is 0 Å². The highest BCUT2D eigenvalue weighted by atomic mass is 32.2. The Bertz CT molecular complexity index is 918. The fourth-order valence-corrected chi connectivity index (χ4v) is 3.64. The van der Waals surface area contributed by atoms with Crippen molar-refractivity contribution in [3.05, 3.63) is 83.2 Å². The van der Waals surface area contributed by atoms with Gasteiger partial charge >= 0.3 is 0 Å². The molecule has 0 saturated heterocycles. The molecule has 1 heterocycles. The molecule has 146 valence electrons. The number of thioether (sulfide) groups is 1. The fraction of sp³-hybridized carbons (Fsp3) is 0.273. The predicted molar refractivity (Wildman–Crippen MR) is 118 cm³/mol. The van der Waals surface area contributed by atoms with Gasteiger partial charge in [-0.25, -0.2) is 0 Å². The van der Waals surface area contributed by atoms with Crippen molar-refractivity contribution >= 4 is 17.7 Å². The van der Waals surface area contributed by atoms with Gasteiger partial charge < -0.3 is 10.6 Å². The third-order valence-electron chi connectivity index (χ3n) is 4.45. The van der Waals surface area contributed by atoms with Crippen LogP contribution in [0.2, 0.25) is 0 Å². The van der Waals surface area contributed by atoms with Gasteiger partial charge in [0.15, 0.2) is 5.96 Å². The van der Waals surface area contributed by atoms with Crippen LogP contribution < -0.4 is 10.6 Å². The largest absolute Gasteiger partial charge is 0.352 e. The number of rotatable bonds is 7. The number of hydrogen-bond acceptors (Lipinski definition) is 3. The summed E-state index contributed by atoms with van der Waals surface area (Å²) in [5.74, 6) is 0.781. The SMILES string of the molecule is CN=C(NCc1cnn(Cc2ccccc2)c1)NCc1ccc(C)cc1SC. The molecule has 3 aromatic rings. The second-order valence-electron chi connectivity index (χ2n) is 6.63. The Balaban J connectivity index is 1.52. The highest BCUT2D eigenvalue weighted by molar-refractivity contribution is 7.98. The summed E-state index contributed by atoms with van der Waals surface area (Å²) in [5, 5.41) is 11.2. The topological polar surface area (TPSA) is 54.2 Å². The maximum absolute atomic E-state index is 4.45. The van der Waals surface area contributed by atoms with Crippen LogP contribution in [0.5, 0.6) is 0 Å². The molecule has 0 aliphatic carbocycles. The van der Waals surface area contributed by atoms with E-state index >= 15 is 0 Å². The molecule has 0 atom stereocenters. The average Bonchev–Trinajstić information content (AvgIpc) is 3.16. The van der Waals surface area contributed by atoms with Gasteiger partial charge in [-0.2, -0.15) is 5.10 Å². The summed E-state index contributed by atoms with van der Waals surface area (Å²) in [6, 6.07) is 16.9. The summed E-state index contributed by atoms with van der Waals surface area (Å²) in [6.07, 6.45) is 6.08. The first-order valence-corrected chi connectivity index (χ1v) is 10.5. The molecule has 28 heavy (non-hydrogen) atoms. The number of aryl methyl sites for hydroxylation is 1. The monoisotopic (exact) mass is 393 g/mol. The van der Waals surface area contributed by atoms with Crippen molar-refractivity contribution < 1.29 is 0 Å². The van der Waals surface area contributed by atoms with Gasteiger partial charge in [-0.1, -0.05) is 42.5 Å². The van der Waals surface area contributed by atoms with Gasteiger partial charge in [0.1, 0.15) is 0 Å². The van der Waals surface area contributed by atoms with Crippen LogP contribution in [0.25, 0.3) is 0 Å². The van der Waals surface area contributed by atoms with Crippen LogP contribution in [-0.4, -0.2) is 29.0 Å². The second kappa shape index (κ2) is 9.99. The molecule has 0 radical (unpaired) electrons. The Morgan fingerprint density at radius 2 is 1.86 bits per heavy atom. The number of hydrogen-bond donors (Lipinski definition) is 2. The summed E-state index contributed by atoms with van der Waals surface area (Å²) in [6.45, 7) is 4.31. The first-order valence-electron chi connectivity index (χ1n) is 9.31. The number of aliphatic imine (C=N–C) groups is 1. The lowest BCUT2D eigenvalue weighted by Crippen LogP contribution is -2.36. The summed E-state index contributed by atoms with van der Waals surface area (Å²) in [5.41, 5.74) is 4.92. The van der Waals surface area contributed by atoms with E-state index in [0.717, 1.165) is 24.6 Å². The number of nitrogens with zero attached hydrogens (tertiary/aromatic N) is 3. The lowest BCUT2D eigenvalue weighted by molar-refractivity contribution is 0.685. The van der Waals surface area contributed by atoms with E-state index in [2.05, 4.69) is 70.4 Å². The lowest BCUT2D eigenvalue weighted by atomic mass is 10.1. The highest BCUT2D eigenvalue weighted by Gasteiger charge is 2.05. The smallest absolute Gasteiger partial charge is 0.191 e. The van der Waals surface area contributed by atoms with E-state index in [1.807, 2.05) is 29.1 Å². The summed E-state index contributed by atoms with van der Waals surface area (Å²) >= 11 is 1.77. The van der Waals surface area contributed by atoms with Crippen molar-refractivity contribution in [3.63, 3.8) is 0 Å². The molecule has 0 fully saturated rings. The van der Waals surface area contributed by atoms with Gasteiger partial charge in [-0.3, -0.25) is 9.67 Å². The minimum atomic E-state index is 0.678. The van der Waals surface area contributed by atoms with Gasteiger partial charge in [0, 0.05) is 36.8 Å². The van der Waals surface area contributed by atoms with Crippen molar-refractivity contribution in [2.45, 2.75) is 31.5 Å². The van der Waals surface area contributed by atoms with Gasteiger partial charge in [0.2, 0.25) is 0 Å². The van der Waals surface area contributed by atoms with E-state index in [4.69, 9.17) is 0 Å². The number of nitrogens with one attached hydrogen (secondary N) is 2. The van der Waals surface area contributed by atoms with Crippen LogP contribution in [0, 0.1) is 6.92 Å². The zero-order valence-electron chi connectivity index (χ0n) is 16.6. The zero-order chi connectivity index (χ0) is 19.8. The minimum Gasteiger partial charge on any atom is -0.352 e. The van der Waals surface area contributed by atoms with Gasteiger partial charge in [-0.05, 0) is 35.9 Å². The molecule has 0 aliphatic heterocycles. The van der Waals surface area contributed by atoms with Crippen molar-refractivity contribution in [2.75, 3.05) is 13.3 Å². The van der Waals surface area contributed by atoms with Crippen LogP contribution in [0.15, 0.2) is 70.8 Å². The molecule has 0 saturated carbocycles. The van der Waals surface area contributed by atoms with Crippen LogP contribution in [-0.2, 0) is 19.6 Å². The molecule has 0 spiro atoms. The van der Waals surface area contributed by atoms with E-state index in [9.17, 15) is 0 Å². The Morgan fingerprint density at radius 3 is 2.61 bits per heavy atom. The van der Waals surface area contributed by atoms with E-state index in [-0.39, 0.29) is 0 Å². The molecule has 5 nitrogen and oxygen atoms in total. The quantitative estimate of drug-likeness (QED) is 0.364. The lowest BCUT2D eigenvalue weighted by Gasteiger charge is -2.13.